The van der Waals surface area contributed by atoms with Crippen molar-refractivity contribution in [3.05, 3.63) is 64.2 Å². The molecule has 0 saturated heterocycles. The molecule has 8 rings (SSSR count). The van der Waals surface area contributed by atoms with E-state index in [2.05, 4.69) is 62.8 Å². The van der Waals surface area contributed by atoms with Crippen LogP contribution in [0.15, 0.2) is 53.0 Å². The fraction of sp³-hybridized carbons (Fsp3) is 0.552. The van der Waals surface area contributed by atoms with Gasteiger partial charge in [0.15, 0.2) is 10.9 Å². The molecular weight excluding hydrogens is 480 g/mol. The number of H-pyrrole nitrogens is 1. The molecule has 0 radical (unpaired) electrons. The third-order valence-electron chi connectivity index (χ3n) is 9.49. The van der Waals surface area contributed by atoms with Gasteiger partial charge in [0, 0.05) is 30.1 Å². The number of benzene rings is 1. The zero-order chi connectivity index (χ0) is 25.0. The Morgan fingerprint density at radius 1 is 1.16 bits per heavy atom. The van der Waals surface area contributed by atoms with Gasteiger partial charge in [-0.15, -0.1) is 11.3 Å². The third kappa shape index (κ3) is 4.13. The Balaban J connectivity index is 1.19. The van der Waals surface area contributed by atoms with Crippen LogP contribution >= 0.6 is 11.3 Å². The van der Waals surface area contributed by atoms with Crippen LogP contribution in [0.25, 0.3) is 0 Å². The van der Waals surface area contributed by atoms with Gasteiger partial charge in [0.2, 0.25) is 0 Å². The van der Waals surface area contributed by atoms with Crippen LogP contribution in [0.5, 0.6) is 0 Å². The van der Waals surface area contributed by atoms with E-state index in [1.54, 1.807) is 17.7 Å². The summed E-state index contributed by atoms with van der Waals surface area (Å²) in [6.45, 7) is 4.21. The molecule has 0 amide bonds. The monoisotopic (exact) mass is 516 g/mol. The Morgan fingerprint density at radius 3 is 2.73 bits per heavy atom. The maximum atomic E-state index is 12.9. The normalized spacial score (nSPS) is 32.2. The van der Waals surface area contributed by atoms with Crippen molar-refractivity contribution in [3.63, 3.8) is 0 Å². The van der Waals surface area contributed by atoms with E-state index in [1.807, 2.05) is 11.6 Å². The van der Waals surface area contributed by atoms with E-state index in [4.69, 9.17) is 4.98 Å². The van der Waals surface area contributed by atoms with Crippen molar-refractivity contribution >= 4 is 28.0 Å². The number of nitrogens with zero attached hydrogens (tertiary/aromatic N) is 3. The molecule has 0 spiro atoms. The van der Waals surface area contributed by atoms with Crippen LogP contribution < -0.4 is 21.1 Å². The molecule has 8 heteroatoms. The summed E-state index contributed by atoms with van der Waals surface area (Å²) in [6, 6.07) is 10.7. The number of aromatic amines is 1. The minimum Gasteiger partial charge on any atom is -0.361 e. The molecule has 4 saturated carbocycles. The zero-order valence-corrected chi connectivity index (χ0v) is 22.3. The highest BCUT2D eigenvalue weighted by atomic mass is 32.1. The van der Waals surface area contributed by atoms with Crippen LogP contribution in [-0.2, 0) is 6.42 Å². The first kappa shape index (κ1) is 23.3. The van der Waals surface area contributed by atoms with Gasteiger partial charge in [-0.1, -0.05) is 37.3 Å². The highest BCUT2D eigenvalue weighted by Gasteiger charge is 2.62. The lowest BCUT2D eigenvalue weighted by molar-refractivity contribution is -0.111. The first-order chi connectivity index (χ1) is 18.0. The molecule has 37 heavy (non-hydrogen) atoms. The second-order valence-corrected chi connectivity index (χ2v) is 13.3. The van der Waals surface area contributed by atoms with Gasteiger partial charge >= 0.3 is 0 Å². The second kappa shape index (κ2) is 8.86. The Bertz CT molecular complexity index is 1290. The number of anilines is 3. The van der Waals surface area contributed by atoms with Crippen LogP contribution in [0.3, 0.4) is 0 Å². The molecule has 5 aliphatic rings. The number of thiazole rings is 1. The third-order valence-corrected chi connectivity index (χ3v) is 10.2. The van der Waals surface area contributed by atoms with Crippen LogP contribution in [0, 0.1) is 28.6 Å². The average Bonchev–Trinajstić information content (AvgIpc) is 3.52. The zero-order valence-electron chi connectivity index (χ0n) is 21.5. The Kier molecular flexibility index (Phi) is 5.57. The number of nitrogens with one attached hydrogen (secondary N) is 3. The maximum absolute atomic E-state index is 12.9. The molecule has 4 unspecified atom stereocenters. The van der Waals surface area contributed by atoms with Crippen molar-refractivity contribution in [2.45, 2.75) is 58.0 Å². The van der Waals surface area contributed by atoms with Crippen molar-refractivity contribution in [2.75, 3.05) is 28.6 Å². The molecule has 4 atom stereocenters. The van der Waals surface area contributed by atoms with Crippen molar-refractivity contribution in [2.24, 2.45) is 28.6 Å². The maximum Gasteiger partial charge on any atom is 0.276 e. The molecule has 3 N–H and O–H groups in total. The van der Waals surface area contributed by atoms with Crippen LogP contribution in [0.2, 0.25) is 0 Å². The highest BCUT2D eigenvalue weighted by Crippen LogP contribution is 2.67. The first-order valence-electron chi connectivity index (χ1n) is 13.8. The quantitative estimate of drug-likeness (QED) is 0.374. The fourth-order valence-corrected chi connectivity index (χ4v) is 9.32. The number of hydrogen-bond acceptors (Lipinski definition) is 7. The van der Waals surface area contributed by atoms with Crippen molar-refractivity contribution in [3.8, 4) is 0 Å². The van der Waals surface area contributed by atoms with Gasteiger partial charge in [0.1, 0.15) is 11.9 Å². The van der Waals surface area contributed by atoms with Crippen molar-refractivity contribution < 1.29 is 0 Å². The summed E-state index contributed by atoms with van der Waals surface area (Å²) < 4.78 is 0. The van der Waals surface area contributed by atoms with Crippen LogP contribution in [0.4, 0.5) is 16.6 Å². The molecule has 4 fully saturated rings. The lowest BCUT2D eigenvalue weighted by Crippen LogP contribution is -2.62. The summed E-state index contributed by atoms with van der Waals surface area (Å²) in [6.07, 6.45) is 12.3. The first-order valence-corrected chi connectivity index (χ1v) is 14.7. The smallest absolute Gasteiger partial charge is 0.276 e. The van der Waals surface area contributed by atoms with E-state index in [0.29, 0.717) is 17.0 Å². The minimum atomic E-state index is -0.0573. The molecular formula is C29H36N6OS. The molecule has 1 aliphatic heterocycles. The summed E-state index contributed by atoms with van der Waals surface area (Å²) in [5, 5.41) is 10.5. The van der Waals surface area contributed by atoms with Crippen LogP contribution in [-0.4, -0.2) is 34.2 Å². The Labute approximate surface area is 222 Å². The van der Waals surface area contributed by atoms with Gasteiger partial charge in [-0.25, -0.2) is 9.97 Å². The lowest BCUT2D eigenvalue weighted by Gasteiger charge is -2.64. The standard InChI is InChI=1S/C29H36N6OS/c1-19(9-20-5-3-2-4-6-20)15-35-24-23(25(36)33-18-32-24)34-26(35)29-13-21-10-22(14-29)12-28(11-21,16-29)17-31-27-30-7-8-37-27/h2-8,18-19,21-22,26,34H,9-17H2,1H3,(H,30,31)(H,32,33,36). The van der Waals surface area contributed by atoms with E-state index < -0.39 is 0 Å². The fourth-order valence-electron chi connectivity index (χ4n) is 8.79. The molecule has 3 aromatic rings. The molecule has 2 aromatic heterocycles. The van der Waals surface area contributed by atoms with Gasteiger partial charge in [-0.3, -0.25) is 4.79 Å². The summed E-state index contributed by atoms with van der Waals surface area (Å²) >= 11 is 1.69. The highest BCUT2D eigenvalue weighted by molar-refractivity contribution is 7.13. The second-order valence-electron chi connectivity index (χ2n) is 12.4. The summed E-state index contributed by atoms with van der Waals surface area (Å²) in [5.74, 6) is 2.80. The number of aromatic nitrogens is 3. The van der Waals surface area contributed by atoms with E-state index in [1.165, 1.54) is 44.1 Å². The predicted octanol–water partition coefficient (Wildman–Crippen LogP) is 5.36. The van der Waals surface area contributed by atoms with Gasteiger partial charge in [-0.2, -0.15) is 0 Å². The lowest BCUT2D eigenvalue weighted by atomic mass is 9.43. The number of fused-ring (bicyclic) bond motifs is 1. The number of rotatable bonds is 8. The molecule has 194 valence electrons. The Morgan fingerprint density at radius 2 is 1.97 bits per heavy atom. The summed E-state index contributed by atoms with van der Waals surface area (Å²) in [7, 11) is 0. The summed E-state index contributed by atoms with van der Waals surface area (Å²) in [5.41, 5.74) is 2.41. The topological polar surface area (TPSA) is 85.9 Å². The molecule has 7 nitrogen and oxygen atoms in total. The number of hydrogen-bond donors (Lipinski definition) is 3. The van der Waals surface area contributed by atoms with E-state index >= 15 is 0 Å². The molecule has 4 aliphatic carbocycles. The van der Waals surface area contributed by atoms with E-state index in [9.17, 15) is 4.79 Å². The molecule has 3 heterocycles. The predicted molar refractivity (Wildman–Crippen MR) is 149 cm³/mol. The summed E-state index contributed by atoms with van der Waals surface area (Å²) in [4.78, 5) is 27.4. The van der Waals surface area contributed by atoms with E-state index in [-0.39, 0.29) is 17.1 Å². The minimum absolute atomic E-state index is 0.0573. The van der Waals surface area contributed by atoms with Gasteiger partial charge in [0.05, 0.1) is 6.33 Å². The SMILES string of the molecule is CC(Cc1ccccc1)CN1c2nc[nH]c(=O)c2NC1C12CC3CC(CC(CNc4nccs4)(C3)C1)C2. The van der Waals surface area contributed by atoms with Gasteiger partial charge in [0.25, 0.3) is 5.56 Å². The molecule has 1 aromatic carbocycles. The molecule has 4 bridgehead atoms. The van der Waals surface area contributed by atoms with Gasteiger partial charge in [-0.05, 0) is 73.7 Å². The van der Waals surface area contributed by atoms with Crippen LogP contribution in [0.1, 0.15) is 51.0 Å². The average molecular weight is 517 g/mol. The van der Waals surface area contributed by atoms with E-state index in [0.717, 1.165) is 42.3 Å². The van der Waals surface area contributed by atoms with Crippen molar-refractivity contribution in [1.29, 1.82) is 0 Å². The Hall–Kier alpha value is -2.87. The van der Waals surface area contributed by atoms with Crippen molar-refractivity contribution in [1.82, 2.24) is 15.0 Å². The van der Waals surface area contributed by atoms with Gasteiger partial charge < -0.3 is 20.5 Å². The largest absolute Gasteiger partial charge is 0.361 e.